The van der Waals surface area contributed by atoms with E-state index in [1.807, 2.05) is 18.3 Å². The molecule has 0 aliphatic rings. The zero-order chi connectivity index (χ0) is 13.2. The molecule has 102 valence electrons. The van der Waals surface area contributed by atoms with Gasteiger partial charge >= 0.3 is 0 Å². The van der Waals surface area contributed by atoms with Crippen molar-refractivity contribution in [3.8, 4) is 21.8 Å². The first-order valence-corrected chi connectivity index (χ1v) is 7.05. The number of pyridine rings is 1. The third-order valence-corrected chi connectivity index (χ3v) is 3.96. The lowest BCUT2D eigenvalue weighted by molar-refractivity contribution is 1.30. The van der Waals surface area contributed by atoms with Gasteiger partial charge in [-0.15, -0.1) is 28.3 Å². The summed E-state index contributed by atoms with van der Waals surface area (Å²) in [5.74, 6) is 0. The number of nitrogens with zero attached hydrogens (tertiary/aromatic N) is 2. The Balaban J connectivity index is 0.00000147. The van der Waals surface area contributed by atoms with Crippen LogP contribution in [-0.4, -0.2) is 9.97 Å². The van der Waals surface area contributed by atoms with E-state index >= 15 is 0 Å². The Morgan fingerprint density at radius 2 is 1.95 bits per heavy atom. The van der Waals surface area contributed by atoms with E-state index in [-0.39, 0.29) is 17.0 Å². The predicted molar refractivity (Wildman–Crippen MR) is 90.6 cm³/mol. The molecule has 0 unspecified atom stereocenters. The number of rotatable bonds is 2. The standard InChI is InChI=1S/C16H14N2S.BrH/c1-11-5-6-14(12(2)8-11)15-10-19-16(18-15)13-4-3-7-17-9-13;/h3-10H,1-2H3;1H. The van der Waals surface area contributed by atoms with Crippen LogP contribution in [0.25, 0.3) is 21.8 Å². The molecule has 2 nitrogen and oxygen atoms in total. The van der Waals surface area contributed by atoms with Crippen molar-refractivity contribution >= 4 is 28.3 Å². The molecule has 2 aromatic heterocycles. The third-order valence-electron chi connectivity index (χ3n) is 3.07. The van der Waals surface area contributed by atoms with Gasteiger partial charge in [0, 0.05) is 28.9 Å². The van der Waals surface area contributed by atoms with Gasteiger partial charge in [0.05, 0.1) is 5.69 Å². The minimum atomic E-state index is 0. The van der Waals surface area contributed by atoms with Crippen molar-refractivity contribution in [1.82, 2.24) is 9.97 Å². The zero-order valence-corrected chi connectivity index (χ0v) is 13.9. The monoisotopic (exact) mass is 346 g/mol. The average molecular weight is 347 g/mol. The summed E-state index contributed by atoms with van der Waals surface area (Å²) in [5, 5.41) is 3.13. The van der Waals surface area contributed by atoms with Crippen molar-refractivity contribution in [2.45, 2.75) is 13.8 Å². The molecule has 1 aromatic carbocycles. The van der Waals surface area contributed by atoms with Gasteiger partial charge in [-0.2, -0.15) is 0 Å². The molecule has 0 saturated heterocycles. The highest BCUT2D eigenvalue weighted by molar-refractivity contribution is 8.93. The lowest BCUT2D eigenvalue weighted by Crippen LogP contribution is -1.85. The van der Waals surface area contributed by atoms with Crippen LogP contribution in [0, 0.1) is 13.8 Å². The summed E-state index contributed by atoms with van der Waals surface area (Å²) in [6.07, 6.45) is 3.63. The fourth-order valence-electron chi connectivity index (χ4n) is 2.12. The van der Waals surface area contributed by atoms with Gasteiger partial charge in [-0.05, 0) is 31.5 Å². The minimum absolute atomic E-state index is 0. The van der Waals surface area contributed by atoms with Crippen molar-refractivity contribution in [2.75, 3.05) is 0 Å². The Bertz CT molecular complexity index is 708. The SMILES string of the molecule is Br.Cc1ccc(-c2csc(-c3cccnc3)n2)c(C)c1. The molecule has 2 heterocycles. The maximum Gasteiger partial charge on any atom is 0.125 e. The van der Waals surface area contributed by atoms with Crippen LogP contribution in [0.5, 0.6) is 0 Å². The molecule has 0 aliphatic heterocycles. The zero-order valence-electron chi connectivity index (χ0n) is 11.3. The molecule has 0 amide bonds. The van der Waals surface area contributed by atoms with E-state index in [2.05, 4.69) is 42.4 Å². The Morgan fingerprint density at radius 1 is 1.10 bits per heavy atom. The molecule has 0 bridgehead atoms. The summed E-state index contributed by atoms with van der Waals surface area (Å²) in [6, 6.07) is 10.4. The summed E-state index contributed by atoms with van der Waals surface area (Å²) < 4.78 is 0. The second-order valence-electron chi connectivity index (χ2n) is 4.60. The second-order valence-corrected chi connectivity index (χ2v) is 5.46. The summed E-state index contributed by atoms with van der Waals surface area (Å²) >= 11 is 1.66. The van der Waals surface area contributed by atoms with Crippen LogP contribution in [-0.2, 0) is 0 Å². The van der Waals surface area contributed by atoms with E-state index < -0.39 is 0 Å². The normalized spacial score (nSPS) is 10.1. The van der Waals surface area contributed by atoms with E-state index in [1.54, 1.807) is 17.5 Å². The van der Waals surface area contributed by atoms with E-state index in [1.165, 1.54) is 16.7 Å². The average Bonchev–Trinajstić information content (AvgIpc) is 2.89. The van der Waals surface area contributed by atoms with Gasteiger partial charge in [-0.3, -0.25) is 4.98 Å². The number of benzene rings is 1. The minimum Gasteiger partial charge on any atom is -0.264 e. The van der Waals surface area contributed by atoms with Gasteiger partial charge in [-0.25, -0.2) is 4.98 Å². The van der Waals surface area contributed by atoms with Gasteiger partial charge < -0.3 is 0 Å². The van der Waals surface area contributed by atoms with E-state index in [4.69, 9.17) is 4.98 Å². The van der Waals surface area contributed by atoms with Gasteiger partial charge in [0.15, 0.2) is 0 Å². The summed E-state index contributed by atoms with van der Waals surface area (Å²) in [5.41, 5.74) is 5.87. The fraction of sp³-hybridized carbons (Fsp3) is 0.125. The van der Waals surface area contributed by atoms with Crippen molar-refractivity contribution in [1.29, 1.82) is 0 Å². The number of hydrogen-bond acceptors (Lipinski definition) is 3. The van der Waals surface area contributed by atoms with Crippen molar-refractivity contribution in [3.63, 3.8) is 0 Å². The Morgan fingerprint density at radius 3 is 2.65 bits per heavy atom. The van der Waals surface area contributed by atoms with E-state index in [0.29, 0.717) is 0 Å². The smallest absolute Gasteiger partial charge is 0.125 e. The van der Waals surface area contributed by atoms with Crippen LogP contribution in [0.4, 0.5) is 0 Å². The highest BCUT2D eigenvalue weighted by Gasteiger charge is 2.08. The molecule has 0 radical (unpaired) electrons. The molecule has 3 aromatic rings. The molecule has 0 atom stereocenters. The first-order valence-electron chi connectivity index (χ1n) is 6.17. The van der Waals surface area contributed by atoms with Gasteiger partial charge in [0.1, 0.15) is 5.01 Å². The fourth-order valence-corrected chi connectivity index (χ4v) is 2.93. The molecule has 0 N–H and O–H groups in total. The molecular formula is C16H15BrN2S. The highest BCUT2D eigenvalue weighted by Crippen LogP contribution is 2.30. The number of halogens is 1. The second kappa shape index (κ2) is 6.29. The van der Waals surface area contributed by atoms with Crippen molar-refractivity contribution < 1.29 is 0 Å². The van der Waals surface area contributed by atoms with Crippen molar-refractivity contribution in [2.24, 2.45) is 0 Å². The van der Waals surface area contributed by atoms with Gasteiger partial charge in [-0.1, -0.05) is 23.8 Å². The molecule has 3 rings (SSSR count). The number of thiazole rings is 1. The number of aryl methyl sites for hydroxylation is 2. The Labute approximate surface area is 133 Å². The molecule has 0 spiro atoms. The lowest BCUT2D eigenvalue weighted by atomic mass is 10.0. The number of aromatic nitrogens is 2. The van der Waals surface area contributed by atoms with Crippen LogP contribution < -0.4 is 0 Å². The predicted octanol–water partition coefficient (Wildman–Crippen LogP) is 5.07. The Kier molecular flexibility index (Phi) is 4.68. The maximum absolute atomic E-state index is 4.72. The number of hydrogen-bond donors (Lipinski definition) is 0. The molecule has 0 saturated carbocycles. The first kappa shape index (κ1) is 14.9. The summed E-state index contributed by atoms with van der Waals surface area (Å²) in [6.45, 7) is 4.24. The molecule has 0 aliphatic carbocycles. The lowest BCUT2D eigenvalue weighted by Gasteiger charge is -2.03. The van der Waals surface area contributed by atoms with Crippen LogP contribution in [0.3, 0.4) is 0 Å². The summed E-state index contributed by atoms with van der Waals surface area (Å²) in [7, 11) is 0. The quantitative estimate of drug-likeness (QED) is 0.647. The highest BCUT2D eigenvalue weighted by atomic mass is 79.9. The maximum atomic E-state index is 4.72. The molecule has 0 fully saturated rings. The molecule has 4 heteroatoms. The topological polar surface area (TPSA) is 25.8 Å². The van der Waals surface area contributed by atoms with E-state index in [0.717, 1.165) is 16.3 Å². The van der Waals surface area contributed by atoms with Crippen molar-refractivity contribution in [3.05, 3.63) is 59.2 Å². The van der Waals surface area contributed by atoms with Gasteiger partial charge in [0.2, 0.25) is 0 Å². The molecular weight excluding hydrogens is 332 g/mol. The summed E-state index contributed by atoms with van der Waals surface area (Å²) in [4.78, 5) is 8.86. The van der Waals surface area contributed by atoms with Crippen LogP contribution in [0.15, 0.2) is 48.1 Å². The van der Waals surface area contributed by atoms with Crippen LogP contribution in [0.2, 0.25) is 0 Å². The first-order chi connectivity index (χ1) is 9.24. The Hall–Kier alpha value is -1.52. The van der Waals surface area contributed by atoms with Gasteiger partial charge in [0.25, 0.3) is 0 Å². The largest absolute Gasteiger partial charge is 0.264 e. The molecule has 20 heavy (non-hydrogen) atoms. The third kappa shape index (κ3) is 2.97. The van der Waals surface area contributed by atoms with Crippen LogP contribution in [0.1, 0.15) is 11.1 Å². The van der Waals surface area contributed by atoms with E-state index in [9.17, 15) is 0 Å². The van der Waals surface area contributed by atoms with Crippen LogP contribution >= 0.6 is 28.3 Å².